The summed E-state index contributed by atoms with van der Waals surface area (Å²) in [5.41, 5.74) is 1.32. The van der Waals surface area contributed by atoms with Gasteiger partial charge in [0.25, 0.3) is 5.91 Å². The molecular weight excluding hydrogens is 338 g/mol. The minimum atomic E-state index is -0.237. The number of ether oxygens (including phenoxy) is 2. The molecule has 0 saturated carbocycles. The number of aromatic nitrogens is 1. The number of hydrogen-bond donors (Lipinski definition) is 1. The third-order valence-electron chi connectivity index (χ3n) is 3.99. The summed E-state index contributed by atoms with van der Waals surface area (Å²) in [7, 11) is 0. The number of nitriles is 1. The summed E-state index contributed by atoms with van der Waals surface area (Å²) >= 11 is 1.38. The molecule has 1 fully saturated rings. The molecule has 2 heterocycles. The first kappa shape index (κ1) is 17.4. The molecule has 0 spiro atoms. The molecule has 1 aromatic carbocycles. The third kappa shape index (κ3) is 4.16. The van der Waals surface area contributed by atoms with Gasteiger partial charge in [-0.1, -0.05) is 0 Å². The average Bonchev–Trinajstić information content (AvgIpc) is 2.96. The lowest BCUT2D eigenvalue weighted by atomic mass is 10.1. The van der Waals surface area contributed by atoms with Gasteiger partial charge >= 0.3 is 0 Å². The summed E-state index contributed by atoms with van der Waals surface area (Å²) in [6.45, 7) is 4.71. The van der Waals surface area contributed by atoms with E-state index in [1.807, 2.05) is 13.8 Å². The number of thiazole rings is 1. The number of benzene rings is 1. The first-order valence-electron chi connectivity index (χ1n) is 8.06. The van der Waals surface area contributed by atoms with Crippen molar-refractivity contribution in [1.29, 1.82) is 5.26 Å². The topological polar surface area (TPSA) is 84.2 Å². The van der Waals surface area contributed by atoms with E-state index >= 15 is 0 Å². The quantitative estimate of drug-likeness (QED) is 0.909. The Labute approximate surface area is 150 Å². The maximum Gasteiger partial charge on any atom is 0.263 e. The number of carbonyl (C=O) groups is 1. The van der Waals surface area contributed by atoms with Crippen LogP contribution < -0.4 is 10.1 Å². The van der Waals surface area contributed by atoms with Crippen molar-refractivity contribution in [2.75, 3.05) is 13.2 Å². The summed E-state index contributed by atoms with van der Waals surface area (Å²) in [5.74, 6) is 0.530. The molecule has 130 valence electrons. The van der Waals surface area contributed by atoms with Crippen LogP contribution in [0.3, 0.4) is 0 Å². The number of amides is 1. The summed E-state index contributed by atoms with van der Waals surface area (Å²) in [5, 5.41) is 12.7. The van der Waals surface area contributed by atoms with Crippen molar-refractivity contribution in [3.63, 3.8) is 0 Å². The Hall–Kier alpha value is -2.43. The first-order valence-corrected chi connectivity index (χ1v) is 8.88. The minimum Gasteiger partial charge on any atom is -0.488 e. The number of carbonyl (C=O) groups excluding carboxylic acids is 1. The lowest BCUT2D eigenvalue weighted by Gasteiger charge is -2.32. The van der Waals surface area contributed by atoms with Gasteiger partial charge < -0.3 is 14.8 Å². The molecule has 0 unspecified atom stereocenters. The highest BCUT2D eigenvalue weighted by Crippen LogP contribution is 2.21. The zero-order valence-corrected chi connectivity index (χ0v) is 14.9. The van der Waals surface area contributed by atoms with Crippen LogP contribution in [0.4, 0.5) is 0 Å². The number of rotatable bonds is 4. The molecule has 0 radical (unpaired) electrons. The molecule has 3 rings (SSSR count). The number of hydrogen-bond acceptors (Lipinski definition) is 6. The maximum atomic E-state index is 12.5. The van der Waals surface area contributed by atoms with Gasteiger partial charge in [-0.25, -0.2) is 4.98 Å². The summed E-state index contributed by atoms with van der Waals surface area (Å²) in [6, 6.07) is 8.81. The lowest BCUT2D eigenvalue weighted by Crippen LogP contribution is -2.51. The molecule has 2 aromatic rings. The van der Waals surface area contributed by atoms with E-state index in [1.54, 1.807) is 24.3 Å². The van der Waals surface area contributed by atoms with Crippen LogP contribution in [0.15, 0.2) is 24.3 Å². The molecule has 1 aliphatic rings. The Morgan fingerprint density at radius 2 is 2.16 bits per heavy atom. The Bertz CT molecular complexity index is 795. The maximum absolute atomic E-state index is 12.5. The largest absolute Gasteiger partial charge is 0.488 e. The standard InChI is InChI=1S/C18H19N3O3S/c1-11-17(25-12(2)20-11)18(22)21-15-10-23-8-7-16(15)24-14-5-3-13(9-19)4-6-14/h3-6,15-16H,7-8,10H2,1-2H3,(H,21,22)/t15-,16-/m1/s1. The van der Waals surface area contributed by atoms with Crippen molar-refractivity contribution in [3.05, 3.63) is 45.4 Å². The Balaban J connectivity index is 1.69. The Morgan fingerprint density at radius 1 is 1.40 bits per heavy atom. The van der Waals surface area contributed by atoms with Gasteiger partial charge in [0, 0.05) is 6.42 Å². The van der Waals surface area contributed by atoms with Crippen molar-refractivity contribution in [1.82, 2.24) is 10.3 Å². The molecule has 1 saturated heterocycles. The molecule has 25 heavy (non-hydrogen) atoms. The van der Waals surface area contributed by atoms with Gasteiger partial charge in [0.05, 0.1) is 41.6 Å². The van der Waals surface area contributed by atoms with E-state index in [2.05, 4.69) is 16.4 Å². The highest BCUT2D eigenvalue weighted by atomic mass is 32.1. The molecule has 1 aromatic heterocycles. The van der Waals surface area contributed by atoms with Crippen LogP contribution in [0.25, 0.3) is 0 Å². The molecule has 1 aliphatic heterocycles. The van der Waals surface area contributed by atoms with Gasteiger partial charge in [-0.05, 0) is 38.1 Å². The van der Waals surface area contributed by atoms with Crippen LogP contribution in [-0.2, 0) is 4.74 Å². The van der Waals surface area contributed by atoms with E-state index in [1.165, 1.54) is 11.3 Å². The van der Waals surface area contributed by atoms with Crippen LogP contribution >= 0.6 is 11.3 Å². The molecule has 0 aliphatic carbocycles. The van der Waals surface area contributed by atoms with Crippen molar-refractivity contribution in [2.45, 2.75) is 32.4 Å². The second-order valence-electron chi connectivity index (χ2n) is 5.88. The highest BCUT2D eigenvalue weighted by molar-refractivity contribution is 7.13. The number of nitrogens with zero attached hydrogens (tertiary/aromatic N) is 2. The van der Waals surface area contributed by atoms with Crippen LogP contribution in [-0.4, -0.2) is 36.3 Å². The van der Waals surface area contributed by atoms with Gasteiger partial charge in [-0.15, -0.1) is 11.3 Å². The normalized spacial score (nSPS) is 19.9. The Morgan fingerprint density at radius 3 is 2.80 bits per heavy atom. The second-order valence-corrected chi connectivity index (χ2v) is 7.09. The van der Waals surface area contributed by atoms with Gasteiger partial charge in [0.1, 0.15) is 16.7 Å². The van der Waals surface area contributed by atoms with Crippen LogP contribution in [0, 0.1) is 25.2 Å². The van der Waals surface area contributed by atoms with Gasteiger partial charge in [0.15, 0.2) is 0 Å². The molecule has 1 amide bonds. The summed E-state index contributed by atoms with van der Waals surface area (Å²) in [6.07, 6.45) is 0.506. The van der Waals surface area contributed by atoms with Gasteiger partial charge in [-0.2, -0.15) is 5.26 Å². The molecule has 7 heteroatoms. The Kier molecular flexibility index (Phi) is 5.31. The van der Waals surface area contributed by atoms with Crippen molar-refractivity contribution in [3.8, 4) is 11.8 Å². The molecule has 6 nitrogen and oxygen atoms in total. The summed E-state index contributed by atoms with van der Waals surface area (Å²) < 4.78 is 11.5. The van der Waals surface area contributed by atoms with Gasteiger partial charge in [-0.3, -0.25) is 4.79 Å². The second kappa shape index (κ2) is 7.64. The smallest absolute Gasteiger partial charge is 0.263 e. The lowest BCUT2D eigenvalue weighted by molar-refractivity contribution is -0.00284. The fourth-order valence-electron chi connectivity index (χ4n) is 2.75. The SMILES string of the molecule is Cc1nc(C)c(C(=O)N[C@@H]2COCC[C@H]2Oc2ccc(C#N)cc2)s1. The predicted molar refractivity (Wildman–Crippen MR) is 93.9 cm³/mol. The zero-order valence-electron chi connectivity index (χ0n) is 14.1. The third-order valence-corrected chi connectivity index (χ3v) is 5.06. The fraction of sp³-hybridized carbons (Fsp3) is 0.389. The van der Waals surface area contributed by atoms with E-state index in [-0.39, 0.29) is 18.1 Å². The zero-order chi connectivity index (χ0) is 17.8. The van der Waals surface area contributed by atoms with E-state index in [4.69, 9.17) is 14.7 Å². The number of aryl methyl sites for hydroxylation is 2. The monoisotopic (exact) mass is 357 g/mol. The highest BCUT2D eigenvalue weighted by Gasteiger charge is 2.30. The van der Waals surface area contributed by atoms with Crippen molar-refractivity contribution < 1.29 is 14.3 Å². The van der Waals surface area contributed by atoms with Crippen LogP contribution in [0.1, 0.15) is 32.4 Å². The average molecular weight is 357 g/mol. The first-order chi connectivity index (χ1) is 12.1. The van der Waals surface area contributed by atoms with E-state index in [0.717, 1.165) is 10.7 Å². The molecule has 1 N–H and O–H groups in total. The van der Waals surface area contributed by atoms with E-state index in [9.17, 15) is 4.79 Å². The summed E-state index contributed by atoms with van der Waals surface area (Å²) in [4.78, 5) is 17.5. The van der Waals surface area contributed by atoms with E-state index < -0.39 is 0 Å². The van der Waals surface area contributed by atoms with Gasteiger partial charge in [0.2, 0.25) is 0 Å². The minimum absolute atomic E-state index is 0.146. The van der Waals surface area contributed by atoms with E-state index in [0.29, 0.717) is 35.8 Å². The van der Waals surface area contributed by atoms with Crippen LogP contribution in [0.5, 0.6) is 5.75 Å². The predicted octanol–water partition coefficient (Wildman–Crippen LogP) is 2.60. The molecule has 2 atom stereocenters. The van der Waals surface area contributed by atoms with Crippen molar-refractivity contribution >= 4 is 17.2 Å². The number of nitrogens with one attached hydrogen (secondary N) is 1. The molecule has 0 bridgehead atoms. The van der Waals surface area contributed by atoms with Crippen LogP contribution in [0.2, 0.25) is 0 Å². The fourth-order valence-corrected chi connectivity index (χ4v) is 3.58. The molecular formula is C18H19N3O3S. The van der Waals surface area contributed by atoms with Crippen molar-refractivity contribution in [2.24, 2.45) is 0 Å².